The highest BCUT2D eigenvalue weighted by Crippen LogP contribution is 2.26. The minimum absolute atomic E-state index is 0.313. The molecule has 0 aliphatic carbocycles. The average Bonchev–Trinajstić information content (AvgIpc) is 2.36. The first-order chi connectivity index (χ1) is 9.13. The fourth-order valence-corrected chi connectivity index (χ4v) is 2.94. The molecule has 0 spiro atoms. The van der Waals surface area contributed by atoms with Gasteiger partial charge in [-0.25, -0.2) is 4.98 Å². The Hall–Kier alpha value is -1.39. The topological polar surface area (TPSA) is 41.1 Å². The number of aromatic nitrogens is 2. The van der Waals surface area contributed by atoms with E-state index in [0.717, 1.165) is 29.8 Å². The lowest BCUT2D eigenvalue weighted by molar-refractivity contribution is 0.406. The van der Waals surface area contributed by atoms with Gasteiger partial charge in [-0.3, -0.25) is 0 Å². The van der Waals surface area contributed by atoms with Crippen molar-refractivity contribution in [2.24, 2.45) is 0 Å². The van der Waals surface area contributed by atoms with Crippen LogP contribution < -0.4 is 10.2 Å². The number of nitrogens with one attached hydrogen (secondary N) is 1. The Morgan fingerprint density at radius 2 is 1.84 bits per heavy atom. The molecule has 0 saturated carbocycles. The van der Waals surface area contributed by atoms with Gasteiger partial charge in [-0.15, -0.1) is 0 Å². The molecule has 5 heteroatoms. The van der Waals surface area contributed by atoms with Gasteiger partial charge in [0.05, 0.1) is 5.52 Å². The first-order valence-corrected chi connectivity index (χ1v) is 6.94. The van der Waals surface area contributed by atoms with Gasteiger partial charge in [0.25, 0.3) is 0 Å². The lowest BCUT2D eigenvalue weighted by atomic mass is 10.1. The molecule has 1 aromatic heterocycles. The van der Waals surface area contributed by atoms with Crippen molar-refractivity contribution in [1.82, 2.24) is 15.3 Å². The van der Waals surface area contributed by atoms with E-state index in [1.807, 2.05) is 18.2 Å². The highest BCUT2D eigenvalue weighted by Gasteiger charge is 2.23. The minimum Gasteiger partial charge on any atom is -0.353 e. The number of piperazine rings is 1. The summed E-state index contributed by atoms with van der Waals surface area (Å²) < 4.78 is 0. The molecule has 3 rings (SSSR count). The standard InChI is InChI=1S/C14H17ClN4/c1-9-7-19(8-10(2)16-9)13-11-5-3-4-6-12(11)17-14(15)18-13/h3-6,9-10,16H,7-8H2,1-2H3/t9-,10-/m0/s1. The predicted octanol–water partition coefficient (Wildman–Crippen LogP) is 2.47. The van der Waals surface area contributed by atoms with Crippen LogP contribution in [-0.2, 0) is 0 Å². The summed E-state index contributed by atoms with van der Waals surface area (Å²) in [6.45, 7) is 6.24. The second-order valence-electron chi connectivity index (χ2n) is 5.21. The third kappa shape index (κ3) is 2.51. The summed E-state index contributed by atoms with van der Waals surface area (Å²) >= 11 is 6.05. The summed E-state index contributed by atoms with van der Waals surface area (Å²) in [6.07, 6.45) is 0. The Balaban J connectivity index is 2.08. The molecular weight excluding hydrogens is 260 g/mol. The van der Waals surface area contributed by atoms with E-state index in [1.54, 1.807) is 0 Å². The zero-order valence-electron chi connectivity index (χ0n) is 11.1. The molecule has 1 saturated heterocycles. The molecule has 1 aliphatic rings. The second-order valence-corrected chi connectivity index (χ2v) is 5.55. The summed E-state index contributed by atoms with van der Waals surface area (Å²) in [6, 6.07) is 8.89. The molecule has 0 radical (unpaired) electrons. The van der Waals surface area contributed by atoms with Crippen LogP contribution in [0.25, 0.3) is 10.9 Å². The third-order valence-corrected chi connectivity index (χ3v) is 3.58. The number of halogens is 1. The van der Waals surface area contributed by atoms with Gasteiger partial charge in [-0.1, -0.05) is 12.1 Å². The molecule has 0 amide bonds. The number of benzene rings is 1. The summed E-state index contributed by atoms with van der Waals surface area (Å²) in [5.74, 6) is 0.941. The molecule has 1 fully saturated rings. The Bertz CT molecular complexity index is 591. The van der Waals surface area contributed by atoms with Gasteiger partial charge in [0.15, 0.2) is 0 Å². The van der Waals surface area contributed by atoms with Crippen molar-refractivity contribution in [2.75, 3.05) is 18.0 Å². The van der Waals surface area contributed by atoms with Gasteiger partial charge in [0, 0.05) is 30.6 Å². The predicted molar refractivity (Wildman–Crippen MR) is 78.8 cm³/mol. The molecule has 2 heterocycles. The maximum Gasteiger partial charge on any atom is 0.224 e. The van der Waals surface area contributed by atoms with Gasteiger partial charge in [0.1, 0.15) is 5.82 Å². The molecule has 100 valence electrons. The fraction of sp³-hybridized carbons (Fsp3) is 0.429. The van der Waals surface area contributed by atoms with E-state index < -0.39 is 0 Å². The van der Waals surface area contributed by atoms with Crippen molar-refractivity contribution < 1.29 is 0 Å². The molecule has 2 aromatic rings. The Kier molecular flexibility index (Phi) is 3.29. The third-order valence-electron chi connectivity index (χ3n) is 3.41. The van der Waals surface area contributed by atoms with E-state index in [1.165, 1.54) is 0 Å². The number of nitrogens with zero attached hydrogens (tertiary/aromatic N) is 3. The van der Waals surface area contributed by atoms with Crippen molar-refractivity contribution in [1.29, 1.82) is 0 Å². The normalized spacial score (nSPS) is 23.8. The molecule has 2 atom stereocenters. The van der Waals surface area contributed by atoms with Crippen LogP contribution in [0.1, 0.15) is 13.8 Å². The number of rotatable bonds is 1. The van der Waals surface area contributed by atoms with Crippen molar-refractivity contribution in [3.63, 3.8) is 0 Å². The molecule has 4 nitrogen and oxygen atoms in total. The number of fused-ring (bicyclic) bond motifs is 1. The van der Waals surface area contributed by atoms with Crippen molar-refractivity contribution >= 4 is 28.3 Å². The van der Waals surface area contributed by atoms with E-state index in [-0.39, 0.29) is 0 Å². The van der Waals surface area contributed by atoms with E-state index in [4.69, 9.17) is 11.6 Å². The monoisotopic (exact) mass is 276 g/mol. The van der Waals surface area contributed by atoms with E-state index >= 15 is 0 Å². The van der Waals surface area contributed by atoms with Crippen LogP contribution in [0.3, 0.4) is 0 Å². The summed E-state index contributed by atoms with van der Waals surface area (Å²) in [4.78, 5) is 11.0. The van der Waals surface area contributed by atoms with Crippen molar-refractivity contribution in [3.05, 3.63) is 29.5 Å². The molecule has 19 heavy (non-hydrogen) atoms. The molecule has 1 aliphatic heterocycles. The van der Waals surface area contributed by atoms with Gasteiger partial charge in [0.2, 0.25) is 5.28 Å². The van der Waals surface area contributed by atoms with Crippen LogP contribution in [0.2, 0.25) is 5.28 Å². The zero-order valence-corrected chi connectivity index (χ0v) is 11.9. The lowest BCUT2D eigenvalue weighted by Gasteiger charge is -2.37. The van der Waals surface area contributed by atoms with Crippen LogP contribution in [0.15, 0.2) is 24.3 Å². The van der Waals surface area contributed by atoms with Crippen LogP contribution in [0.5, 0.6) is 0 Å². The first-order valence-electron chi connectivity index (χ1n) is 6.57. The quantitative estimate of drug-likeness (QED) is 0.813. The lowest BCUT2D eigenvalue weighted by Crippen LogP contribution is -2.54. The van der Waals surface area contributed by atoms with E-state index in [0.29, 0.717) is 17.4 Å². The number of anilines is 1. The van der Waals surface area contributed by atoms with Gasteiger partial charge >= 0.3 is 0 Å². The molecule has 0 bridgehead atoms. The maximum absolute atomic E-state index is 6.05. The molecule has 1 N–H and O–H groups in total. The smallest absolute Gasteiger partial charge is 0.224 e. The molecule has 0 unspecified atom stereocenters. The highest BCUT2D eigenvalue weighted by molar-refractivity contribution is 6.28. The fourth-order valence-electron chi connectivity index (χ4n) is 2.77. The van der Waals surface area contributed by atoms with Crippen LogP contribution in [-0.4, -0.2) is 35.1 Å². The minimum atomic E-state index is 0.313. The van der Waals surface area contributed by atoms with E-state index in [2.05, 4.69) is 40.1 Å². The van der Waals surface area contributed by atoms with Crippen molar-refractivity contribution in [3.8, 4) is 0 Å². The Morgan fingerprint density at radius 1 is 1.16 bits per heavy atom. The van der Waals surface area contributed by atoms with Gasteiger partial charge in [-0.05, 0) is 37.6 Å². The highest BCUT2D eigenvalue weighted by atomic mass is 35.5. The van der Waals surface area contributed by atoms with E-state index in [9.17, 15) is 0 Å². The largest absolute Gasteiger partial charge is 0.353 e. The number of para-hydroxylation sites is 1. The maximum atomic E-state index is 6.05. The summed E-state index contributed by atoms with van der Waals surface area (Å²) in [5, 5.41) is 4.90. The molecule has 1 aromatic carbocycles. The van der Waals surface area contributed by atoms with Gasteiger partial charge < -0.3 is 10.2 Å². The van der Waals surface area contributed by atoms with Crippen LogP contribution in [0, 0.1) is 0 Å². The van der Waals surface area contributed by atoms with Crippen molar-refractivity contribution in [2.45, 2.75) is 25.9 Å². The Morgan fingerprint density at radius 3 is 2.58 bits per heavy atom. The second kappa shape index (κ2) is 4.94. The average molecular weight is 277 g/mol. The first kappa shape index (κ1) is 12.6. The SMILES string of the molecule is C[C@H]1CN(c2nc(Cl)nc3ccccc23)C[C@H](C)N1. The van der Waals surface area contributed by atoms with Crippen LogP contribution in [0.4, 0.5) is 5.82 Å². The Labute approximate surface area is 117 Å². The zero-order chi connectivity index (χ0) is 13.4. The summed E-state index contributed by atoms with van der Waals surface area (Å²) in [7, 11) is 0. The number of hydrogen-bond acceptors (Lipinski definition) is 4. The summed E-state index contributed by atoms with van der Waals surface area (Å²) in [5.41, 5.74) is 0.899. The number of hydrogen-bond donors (Lipinski definition) is 1. The van der Waals surface area contributed by atoms with Crippen LogP contribution >= 0.6 is 11.6 Å². The molecular formula is C14H17ClN4. The van der Waals surface area contributed by atoms with Gasteiger partial charge in [-0.2, -0.15) is 4.98 Å².